The Morgan fingerprint density at radius 2 is 1.60 bits per heavy atom. The molecule has 0 spiro atoms. The van der Waals surface area contributed by atoms with Gasteiger partial charge in [0.05, 0.1) is 22.8 Å². The van der Waals surface area contributed by atoms with Gasteiger partial charge in [-0.1, -0.05) is 53.5 Å². The molecular formula is C22H20Cl2N4O2. The minimum Gasteiger partial charge on any atom is -0.494 e. The Bertz CT molecular complexity index is 1040. The van der Waals surface area contributed by atoms with E-state index in [1.165, 1.54) is 7.11 Å². The monoisotopic (exact) mass is 442 g/mol. The lowest BCUT2D eigenvalue weighted by Gasteiger charge is -2.35. The Kier molecular flexibility index (Phi) is 6.06. The largest absolute Gasteiger partial charge is 0.494 e. The van der Waals surface area contributed by atoms with Gasteiger partial charge in [-0.25, -0.2) is 0 Å². The number of anilines is 1. The van der Waals surface area contributed by atoms with E-state index in [1.54, 1.807) is 17.0 Å². The summed E-state index contributed by atoms with van der Waals surface area (Å²) in [5.74, 6) is 0.906. The standard InChI is InChI=1S/C22H20Cl2N4O2/c1-30-21-17(24)8-7-16(23)20(21)22(29)28-13-11-27(12-14-28)19-10-9-18(25-26-19)15-5-3-2-4-6-15/h2-10H,11-14H2,1H3. The van der Waals surface area contributed by atoms with Crippen molar-refractivity contribution in [3.8, 4) is 17.0 Å². The van der Waals surface area contributed by atoms with Gasteiger partial charge in [0.2, 0.25) is 0 Å². The molecule has 0 atom stereocenters. The van der Waals surface area contributed by atoms with Gasteiger partial charge in [0.1, 0.15) is 5.56 Å². The zero-order chi connectivity index (χ0) is 21.1. The van der Waals surface area contributed by atoms with Crippen LogP contribution in [-0.4, -0.2) is 54.3 Å². The quantitative estimate of drug-likeness (QED) is 0.598. The molecule has 1 fully saturated rings. The van der Waals surface area contributed by atoms with Gasteiger partial charge in [0.25, 0.3) is 5.91 Å². The minimum absolute atomic E-state index is 0.190. The number of halogens is 2. The summed E-state index contributed by atoms with van der Waals surface area (Å²) in [5.41, 5.74) is 2.15. The summed E-state index contributed by atoms with van der Waals surface area (Å²) in [7, 11) is 1.48. The molecule has 8 heteroatoms. The maximum Gasteiger partial charge on any atom is 0.259 e. The lowest BCUT2D eigenvalue weighted by molar-refractivity contribution is 0.0743. The predicted molar refractivity (Wildman–Crippen MR) is 119 cm³/mol. The number of piperazine rings is 1. The van der Waals surface area contributed by atoms with Gasteiger partial charge in [-0.2, -0.15) is 0 Å². The van der Waals surface area contributed by atoms with Crippen LogP contribution in [0.3, 0.4) is 0 Å². The summed E-state index contributed by atoms with van der Waals surface area (Å²) >= 11 is 12.4. The summed E-state index contributed by atoms with van der Waals surface area (Å²) < 4.78 is 5.31. The van der Waals surface area contributed by atoms with Crippen molar-refractivity contribution in [1.82, 2.24) is 15.1 Å². The number of hydrogen-bond donors (Lipinski definition) is 0. The van der Waals surface area contributed by atoms with E-state index in [1.807, 2.05) is 42.5 Å². The maximum atomic E-state index is 13.1. The summed E-state index contributed by atoms with van der Waals surface area (Å²) in [6.45, 7) is 2.36. The van der Waals surface area contributed by atoms with Crippen LogP contribution in [0.4, 0.5) is 5.82 Å². The second kappa shape index (κ2) is 8.90. The molecule has 2 aromatic carbocycles. The second-order valence-corrected chi connectivity index (χ2v) is 7.67. The number of methoxy groups -OCH3 is 1. The highest BCUT2D eigenvalue weighted by Crippen LogP contribution is 2.35. The van der Waals surface area contributed by atoms with Crippen molar-refractivity contribution < 1.29 is 9.53 Å². The van der Waals surface area contributed by atoms with E-state index in [9.17, 15) is 4.79 Å². The van der Waals surface area contributed by atoms with Crippen molar-refractivity contribution in [1.29, 1.82) is 0 Å². The van der Waals surface area contributed by atoms with Gasteiger partial charge in [-0.15, -0.1) is 10.2 Å². The summed E-state index contributed by atoms with van der Waals surface area (Å²) in [4.78, 5) is 16.9. The number of nitrogens with zero attached hydrogens (tertiary/aromatic N) is 4. The van der Waals surface area contributed by atoms with Gasteiger partial charge in [0, 0.05) is 31.7 Å². The van der Waals surface area contributed by atoms with E-state index in [4.69, 9.17) is 27.9 Å². The average molecular weight is 443 g/mol. The van der Waals surface area contributed by atoms with Gasteiger partial charge in [0.15, 0.2) is 11.6 Å². The van der Waals surface area contributed by atoms with Crippen molar-refractivity contribution in [2.45, 2.75) is 0 Å². The van der Waals surface area contributed by atoms with Crippen molar-refractivity contribution >= 4 is 34.9 Å². The third kappa shape index (κ3) is 4.06. The van der Waals surface area contributed by atoms with Crippen LogP contribution < -0.4 is 9.64 Å². The Labute approximate surface area is 185 Å². The molecule has 4 rings (SSSR count). The lowest BCUT2D eigenvalue weighted by Crippen LogP contribution is -2.49. The highest BCUT2D eigenvalue weighted by atomic mass is 35.5. The molecule has 30 heavy (non-hydrogen) atoms. The van der Waals surface area contributed by atoms with Crippen LogP contribution in [0.15, 0.2) is 54.6 Å². The molecule has 1 aliphatic heterocycles. The summed E-state index contributed by atoms with van der Waals surface area (Å²) in [6.07, 6.45) is 0. The predicted octanol–water partition coefficient (Wildman–Crippen LogP) is 4.42. The second-order valence-electron chi connectivity index (χ2n) is 6.86. The molecule has 1 amide bonds. The van der Waals surface area contributed by atoms with E-state index in [0.717, 1.165) is 17.1 Å². The first-order valence-electron chi connectivity index (χ1n) is 9.54. The first kappa shape index (κ1) is 20.4. The Hall–Kier alpha value is -2.83. The van der Waals surface area contributed by atoms with Crippen molar-refractivity contribution in [3.05, 3.63) is 70.2 Å². The number of amides is 1. The lowest BCUT2D eigenvalue weighted by atomic mass is 10.1. The van der Waals surface area contributed by atoms with Crippen LogP contribution in [0.1, 0.15) is 10.4 Å². The van der Waals surface area contributed by atoms with Gasteiger partial charge in [-0.05, 0) is 24.3 Å². The van der Waals surface area contributed by atoms with Gasteiger partial charge in [-0.3, -0.25) is 4.79 Å². The topological polar surface area (TPSA) is 58.6 Å². The van der Waals surface area contributed by atoms with Crippen LogP contribution in [0.25, 0.3) is 11.3 Å². The number of benzene rings is 2. The van der Waals surface area contributed by atoms with Crippen LogP contribution in [0.5, 0.6) is 5.75 Å². The SMILES string of the molecule is COc1c(Cl)ccc(Cl)c1C(=O)N1CCN(c2ccc(-c3ccccc3)nn2)CC1. The Balaban J connectivity index is 1.44. The molecule has 2 heterocycles. The number of carbonyl (C=O) groups excluding carboxylic acids is 1. The van der Waals surface area contributed by atoms with Crippen LogP contribution >= 0.6 is 23.2 Å². The molecule has 0 unspecified atom stereocenters. The molecule has 1 aromatic heterocycles. The van der Waals surface area contributed by atoms with E-state index < -0.39 is 0 Å². The molecule has 0 radical (unpaired) electrons. The molecule has 0 bridgehead atoms. The van der Waals surface area contributed by atoms with Gasteiger partial charge >= 0.3 is 0 Å². The number of ether oxygens (including phenoxy) is 1. The molecule has 1 aliphatic rings. The number of carbonyl (C=O) groups is 1. The Morgan fingerprint density at radius 3 is 2.23 bits per heavy atom. The highest BCUT2D eigenvalue weighted by molar-refractivity contribution is 6.37. The molecule has 3 aromatic rings. The molecule has 1 saturated heterocycles. The zero-order valence-corrected chi connectivity index (χ0v) is 17.9. The Morgan fingerprint density at radius 1 is 0.900 bits per heavy atom. The molecule has 154 valence electrons. The molecular weight excluding hydrogens is 423 g/mol. The highest BCUT2D eigenvalue weighted by Gasteiger charge is 2.28. The number of hydrogen-bond acceptors (Lipinski definition) is 5. The van der Waals surface area contributed by atoms with Crippen molar-refractivity contribution in [2.75, 3.05) is 38.2 Å². The van der Waals surface area contributed by atoms with E-state index in [0.29, 0.717) is 47.5 Å². The van der Waals surface area contributed by atoms with E-state index in [-0.39, 0.29) is 5.91 Å². The molecule has 0 saturated carbocycles. The molecule has 0 aliphatic carbocycles. The fourth-order valence-electron chi connectivity index (χ4n) is 3.49. The first-order chi connectivity index (χ1) is 14.6. The fraction of sp³-hybridized carbons (Fsp3) is 0.227. The number of aromatic nitrogens is 2. The van der Waals surface area contributed by atoms with Crippen molar-refractivity contribution in [3.63, 3.8) is 0 Å². The smallest absolute Gasteiger partial charge is 0.259 e. The normalized spacial score (nSPS) is 14.0. The zero-order valence-electron chi connectivity index (χ0n) is 16.4. The third-order valence-electron chi connectivity index (χ3n) is 5.09. The number of rotatable bonds is 4. The minimum atomic E-state index is -0.190. The van der Waals surface area contributed by atoms with Crippen molar-refractivity contribution in [2.24, 2.45) is 0 Å². The summed E-state index contributed by atoms with van der Waals surface area (Å²) in [6, 6.07) is 17.1. The maximum absolute atomic E-state index is 13.1. The van der Waals surface area contributed by atoms with Gasteiger partial charge < -0.3 is 14.5 Å². The first-order valence-corrected chi connectivity index (χ1v) is 10.3. The van der Waals surface area contributed by atoms with Crippen LogP contribution in [-0.2, 0) is 0 Å². The molecule has 0 N–H and O–H groups in total. The van der Waals surface area contributed by atoms with Crippen LogP contribution in [0, 0.1) is 0 Å². The average Bonchev–Trinajstić information content (AvgIpc) is 2.81. The summed E-state index contributed by atoms with van der Waals surface area (Å²) in [5, 5.41) is 9.41. The fourth-order valence-corrected chi connectivity index (χ4v) is 3.95. The van der Waals surface area contributed by atoms with E-state index in [2.05, 4.69) is 15.1 Å². The van der Waals surface area contributed by atoms with Crippen LogP contribution in [0.2, 0.25) is 10.0 Å². The molecule has 6 nitrogen and oxygen atoms in total. The third-order valence-corrected chi connectivity index (χ3v) is 5.70. The van der Waals surface area contributed by atoms with E-state index >= 15 is 0 Å².